The Morgan fingerprint density at radius 3 is 2.20 bits per heavy atom. The largest absolute Gasteiger partial charge is 0.456 e. The van der Waals surface area contributed by atoms with Gasteiger partial charge in [-0.3, -0.25) is 0 Å². The smallest absolute Gasteiger partial charge is 0.383 e. The van der Waals surface area contributed by atoms with E-state index >= 15 is 8.78 Å². The lowest BCUT2D eigenvalue weighted by molar-refractivity contribution is -0.362. The summed E-state index contributed by atoms with van der Waals surface area (Å²) < 4.78 is 84.4. The molecule has 0 radical (unpaired) electrons. The number of halogens is 5. The highest BCUT2D eigenvalue weighted by molar-refractivity contribution is 5.49. The Labute approximate surface area is 239 Å². The van der Waals surface area contributed by atoms with Gasteiger partial charge in [0.15, 0.2) is 5.79 Å². The van der Waals surface area contributed by atoms with Crippen LogP contribution < -0.4 is 0 Å². The van der Waals surface area contributed by atoms with Gasteiger partial charge in [0.05, 0.1) is 13.2 Å². The number of allylic oxidation sites excluding steroid dienone is 2. The molecule has 1 aromatic rings. The van der Waals surface area contributed by atoms with E-state index < -0.39 is 41.2 Å². The molecular weight excluding hydrogens is 539 g/mol. The van der Waals surface area contributed by atoms with E-state index in [9.17, 15) is 18.3 Å². The Kier molecular flexibility index (Phi) is 6.69. The van der Waals surface area contributed by atoms with Crippen molar-refractivity contribution in [2.24, 2.45) is 28.6 Å². The summed E-state index contributed by atoms with van der Waals surface area (Å²) in [4.78, 5) is 0. The third-order valence-electron chi connectivity index (χ3n) is 11.4. The lowest BCUT2D eigenvalue weighted by Gasteiger charge is -2.57. The molecule has 3 nitrogen and oxygen atoms in total. The van der Waals surface area contributed by atoms with Crippen molar-refractivity contribution in [3.63, 3.8) is 0 Å². The summed E-state index contributed by atoms with van der Waals surface area (Å²) in [5, 5.41) is 11.5. The monoisotopic (exact) mass is 580 g/mol. The molecule has 41 heavy (non-hydrogen) atoms. The molecular formula is C33H41F5O3. The molecule has 5 aliphatic rings. The highest BCUT2D eigenvalue weighted by Crippen LogP contribution is 2.71. The minimum atomic E-state index is -5.83. The summed E-state index contributed by atoms with van der Waals surface area (Å²) in [6, 6.07) is 7.69. The molecule has 6 unspecified atom stereocenters. The predicted octanol–water partition coefficient (Wildman–Crippen LogP) is 8.44. The summed E-state index contributed by atoms with van der Waals surface area (Å²) in [5.74, 6) is -6.57. The summed E-state index contributed by atoms with van der Waals surface area (Å²) in [6.45, 7) is 10.8. The van der Waals surface area contributed by atoms with Crippen LogP contribution >= 0.6 is 0 Å². The minimum Gasteiger partial charge on any atom is -0.383 e. The first-order valence-electron chi connectivity index (χ1n) is 15.0. The van der Waals surface area contributed by atoms with Crippen LogP contribution in [-0.2, 0) is 9.47 Å². The molecule has 1 aliphatic heterocycles. The van der Waals surface area contributed by atoms with E-state index in [1.54, 1.807) is 6.08 Å². The van der Waals surface area contributed by atoms with E-state index in [1.165, 1.54) is 18.1 Å². The van der Waals surface area contributed by atoms with E-state index in [2.05, 4.69) is 20.4 Å². The summed E-state index contributed by atoms with van der Waals surface area (Å²) >= 11 is 0. The summed E-state index contributed by atoms with van der Waals surface area (Å²) in [7, 11) is 0. The maximum absolute atomic E-state index is 15.2. The van der Waals surface area contributed by atoms with E-state index in [1.807, 2.05) is 24.3 Å². The van der Waals surface area contributed by atoms with Crippen molar-refractivity contribution >= 4 is 6.08 Å². The van der Waals surface area contributed by atoms with E-state index in [4.69, 9.17) is 9.47 Å². The topological polar surface area (TPSA) is 38.7 Å². The Hall–Kier alpha value is -1.77. The quantitative estimate of drug-likeness (QED) is 0.288. The van der Waals surface area contributed by atoms with Crippen LogP contribution in [0.2, 0.25) is 0 Å². The van der Waals surface area contributed by atoms with E-state index in [0.717, 1.165) is 30.4 Å². The van der Waals surface area contributed by atoms with Gasteiger partial charge in [0.1, 0.15) is 5.60 Å². The zero-order valence-corrected chi connectivity index (χ0v) is 24.1. The third kappa shape index (κ3) is 4.28. The van der Waals surface area contributed by atoms with Gasteiger partial charge < -0.3 is 14.6 Å². The van der Waals surface area contributed by atoms with Gasteiger partial charge in [-0.1, -0.05) is 68.8 Å². The van der Waals surface area contributed by atoms with Crippen molar-refractivity contribution in [2.75, 3.05) is 13.2 Å². The highest BCUT2D eigenvalue weighted by Gasteiger charge is 2.79. The molecule has 1 spiro atoms. The van der Waals surface area contributed by atoms with Crippen LogP contribution in [0.5, 0.6) is 0 Å². The zero-order valence-electron chi connectivity index (χ0n) is 24.1. The Balaban J connectivity index is 1.42. The number of hydrogen-bond acceptors (Lipinski definition) is 3. The molecule has 1 heterocycles. The van der Waals surface area contributed by atoms with Gasteiger partial charge in [0, 0.05) is 29.6 Å². The van der Waals surface area contributed by atoms with Crippen molar-refractivity contribution in [1.82, 2.24) is 0 Å². The fourth-order valence-corrected chi connectivity index (χ4v) is 9.15. The second kappa shape index (κ2) is 9.36. The predicted molar refractivity (Wildman–Crippen MR) is 146 cm³/mol. The van der Waals surface area contributed by atoms with Crippen molar-refractivity contribution in [2.45, 2.75) is 102 Å². The molecule has 0 aromatic heterocycles. The van der Waals surface area contributed by atoms with Crippen molar-refractivity contribution < 1.29 is 36.5 Å². The Bertz CT molecular complexity index is 1220. The fraction of sp³-hybridized carbons (Fsp3) is 0.697. The van der Waals surface area contributed by atoms with Gasteiger partial charge in [0.25, 0.3) is 0 Å². The van der Waals surface area contributed by atoms with Crippen molar-refractivity contribution in [3.05, 3.63) is 53.1 Å². The van der Waals surface area contributed by atoms with Crippen molar-refractivity contribution in [3.8, 4) is 0 Å². The molecule has 1 N–H and O–H groups in total. The summed E-state index contributed by atoms with van der Waals surface area (Å²) in [5.41, 5.74) is -0.507. The lowest BCUT2D eigenvalue weighted by atomic mass is 9.49. The average molecular weight is 581 g/mol. The Morgan fingerprint density at radius 2 is 1.59 bits per heavy atom. The van der Waals surface area contributed by atoms with Crippen LogP contribution in [0.1, 0.15) is 89.2 Å². The molecule has 4 fully saturated rings. The second-order valence-corrected chi connectivity index (χ2v) is 14.3. The average Bonchev–Trinajstić information content (AvgIpc) is 3.21. The van der Waals surface area contributed by atoms with Gasteiger partial charge in [-0.2, -0.15) is 22.0 Å². The molecule has 8 heteroatoms. The number of alkyl halides is 5. The second-order valence-electron chi connectivity index (χ2n) is 14.3. The molecule has 3 saturated carbocycles. The third-order valence-corrected chi connectivity index (χ3v) is 11.4. The number of rotatable bonds is 3. The van der Waals surface area contributed by atoms with Crippen LogP contribution in [0.3, 0.4) is 0 Å². The van der Waals surface area contributed by atoms with Gasteiger partial charge in [-0.05, 0) is 67.4 Å². The number of ether oxygens (including phenoxy) is 2. The first-order valence-corrected chi connectivity index (χ1v) is 15.0. The van der Waals surface area contributed by atoms with Gasteiger partial charge in [-0.25, -0.2) is 0 Å². The number of fused-ring (bicyclic) bond motifs is 4. The van der Waals surface area contributed by atoms with Crippen LogP contribution in [0.25, 0.3) is 6.08 Å². The van der Waals surface area contributed by atoms with Gasteiger partial charge >= 0.3 is 12.1 Å². The molecule has 226 valence electrons. The zero-order chi connectivity index (χ0) is 29.6. The molecule has 1 aromatic carbocycles. The molecule has 4 aliphatic carbocycles. The molecule has 6 atom stereocenters. The van der Waals surface area contributed by atoms with Gasteiger partial charge in [0.2, 0.25) is 0 Å². The number of hydrogen-bond donors (Lipinski definition) is 1. The van der Waals surface area contributed by atoms with Crippen molar-refractivity contribution in [1.29, 1.82) is 0 Å². The number of benzene rings is 1. The first kappa shape index (κ1) is 29.3. The molecule has 6 rings (SSSR count). The maximum Gasteiger partial charge on any atom is 0.456 e. The van der Waals surface area contributed by atoms with Gasteiger partial charge in [-0.15, -0.1) is 0 Å². The standard InChI is InChI=1S/C33H41F5O3/c1-5-20-6-8-21(9-7-20)25-17-29(4)26(13-15-31(29,39)32(34,35)33(36,37)38)24-11-10-22-16-30(14-12-23(22)27(24)25)40-18-28(2,3)19-41-30/h5-9,22,24-26,39H,1,10-19H2,2-4H3. The van der Waals surface area contributed by atoms with E-state index in [-0.39, 0.29) is 36.0 Å². The van der Waals surface area contributed by atoms with Crippen LogP contribution in [0.4, 0.5) is 22.0 Å². The first-order chi connectivity index (χ1) is 19.1. The molecule has 0 bridgehead atoms. The molecule has 1 saturated heterocycles. The minimum absolute atomic E-state index is 0.0433. The van der Waals surface area contributed by atoms with E-state index in [0.29, 0.717) is 26.1 Å². The highest BCUT2D eigenvalue weighted by atomic mass is 19.4. The molecule has 0 amide bonds. The SMILES string of the molecule is C=Cc1ccc(C2CC3(C)C(CCC3(O)C(F)(F)C(F)(F)F)C3CCC4CC5(CCC4=C23)OCC(C)(C)CO5)cc1. The summed E-state index contributed by atoms with van der Waals surface area (Å²) in [6.07, 6.45) is -0.793. The fourth-order valence-electron chi connectivity index (χ4n) is 9.15. The van der Waals surface area contributed by atoms with Crippen LogP contribution in [-0.4, -0.2) is 41.8 Å². The lowest BCUT2D eigenvalue weighted by Crippen LogP contribution is -2.65. The van der Waals surface area contributed by atoms with Crippen LogP contribution in [0, 0.1) is 28.6 Å². The maximum atomic E-state index is 15.2. The Morgan fingerprint density at radius 1 is 0.927 bits per heavy atom. The number of aliphatic hydroxyl groups is 1. The normalized spacial score (nSPS) is 38.3. The van der Waals surface area contributed by atoms with Crippen LogP contribution in [0.15, 0.2) is 42.0 Å².